The summed E-state index contributed by atoms with van der Waals surface area (Å²) < 4.78 is 17.5. The van der Waals surface area contributed by atoms with Crippen molar-refractivity contribution in [2.45, 2.75) is 19.8 Å². The maximum absolute atomic E-state index is 12.9. The van der Waals surface area contributed by atoms with E-state index in [1.54, 1.807) is 19.1 Å². The zero-order valence-electron chi connectivity index (χ0n) is 9.55. The van der Waals surface area contributed by atoms with E-state index in [4.69, 9.17) is 0 Å². The summed E-state index contributed by atoms with van der Waals surface area (Å²) >= 11 is 0. The molecule has 1 aromatic rings. The van der Waals surface area contributed by atoms with E-state index in [9.17, 15) is 9.18 Å². The highest BCUT2D eigenvalue weighted by Gasteiger charge is 2.00. The van der Waals surface area contributed by atoms with E-state index in [1.807, 2.05) is 0 Å². The van der Waals surface area contributed by atoms with Gasteiger partial charge in [-0.05, 0) is 37.1 Å². The minimum atomic E-state index is -0.211. The van der Waals surface area contributed by atoms with Crippen molar-refractivity contribution in [1.29, 1.82) is 0 Å². The first-order valence-electron chi connectivity index (χ1n) is 5.20. The van der Waals surface area contributed by atoms with Crippen LogP contribution in [0, 0.1) is 12.7 Å². The fourth-order valence-corrected chi connectivity index (χ4v) is 1.32. The van der Waals surface area contributed by atoms with E-state index in [1.165, 1.54) is 13.2 Å². The molecule has 1 rings (SSSR count). The molecule has 0 radical (unpaired) electrons. The summed E-state index contributed by atoms with van der Waals surface area (Å²) in [5.41, 5.74) is 1.47. The SMILES string of the molecule is COC(=O)CCCNc1ccc(F)c(C)c1. The molecule has 0 fully saturated rings. The average molecular weight is 225 g/mol. The third-order valence-corrected chi connectivity index (χ3v) is 2.27. The summed E-state index contributed by atoms with van der Waals surface area (Å²) in [6, 6.07) is 4.85. The standard InChI is InChI=1S/C12H16FNO2/c1-9-8-10(5-6-11(9)13)14-7-3-4-12(15)16-2/h5-6,8,14H,3-4,7H2,1-2H3. The topological polar surface area (TPSA) is 38.3 Å². The van der Waals surface area contributed by atoms with Gasteiger partial charge in [0.2, 0.25) is 0 Å². The molecule has 0 heterocycles. The van der Waals surface area contributed by atoms with Gasteiger partial charge in [-0.3, -0.25) is 4.79 Å². The van der Waals surface area contributed by atoms with Crippen molar-refractivity contribution in [2.75, 3.05) is 19.0 Å². The smallest absolute Gasteiger partial charge is 0.305 e. The van der Waals surface area contributed by atoms with E-state index in [2.05, 4.69) is 10.1 Å². The molecular weight excluding hydrogens is 209 g/mol. The average Bonchev–Trinajstić information content (AvgIpc) is 2.28. The lowest BCUT2D eigenvalue weighted by Gasteiger charge is -2.07. The van der Waals surface area contributed by atoms with E-state index in [0.29, 0.717) is 24.9 Å². The van der Waals surface area contributed by atoms with Crippen LogP contribution in [-0.2, 0) is 9.53 Å². The van der Waals surface area contributed by atoms with Gasteiger partial charge in [-0.1, -0.05) is 0 Å². The molecule has 0 aromatic heterocycles. The lowest BCUT2D eigenvalue weighted by molar-refractivity contribution is -0.140. The predicted molar refractivity (Wildman–Crippen MR) is 60.9 cm³/mol. The number of ether oxygens (including phenoxy) is 1. The molecule has 4 heteroatoms. The number of hydrogen-bond donors (Lipinski definition) is 1. The maximum atomic E-state index is 12.9. The van der Waals surface area contributed by atoms with Gasteiger partial charge in [-0.25, -0.2) is 4.39 Å². The fourth-order valence-electron chi connectivity index (χ4n) is 1.32. The van der Waals surface area contributed by atoms with E-state index in [0.717, 1.165) is 5.69 Å². The molecule has 3 nitrogen and oxygen atoms in total. The normalized spacial score (nSPS) is 9.94. The van der Waals surface area contributed by atoms with Crippen LogP contribution in [-0.4, -0.2) is 19.6 Å². The highest BCUT2D eigenvalue weighted by molar-refractivity contribution is 5.69. The molecule has 0 saturated heterocycles. The number of halogens is 1. The number of nitrogens with one attached hydrogen (secondary N) is 1. The number of esters is 1. The highest BCUT2D eigenvalue weighted by atomic mass is 19.1. The molecule has 1 N–H and O–H groups in total. The van der Waals surface area contributed by atoms with Crippen molar-refractivity contribution in [3.05, 3.63) is 29.6 Å². The summed E-state index contributed by atoms with van der Waals surface area (Å²) in [6.07, 6.45) is 1.09. The van der Waals surface area contributed by atoms with Gasteiger partial charge in [0.15, 0.2) is 0 Å². The second kappa shape index (κ2) is 6.10. The third-order valence-electron chi connectivity index (χ3n) is 2.27. The first-order valence-corrected chi connectivity index (χ1v) is 5.20. The summed E-state index contributed by atoms with van der Waals surface area (Å²) in [5.74, 6) is -0.419. The van der Waals surface area contributed by atoms with E-state index < -0.39 is 0 Å². The lowest BCUT2D eigenvalue weighted by atomic mass is 10.2. The molecule has 16 heavy (non-hydrogen) atoms. The van der Waals surface area contributed by atoms with Crippen LogP contribution >= 0.6 is 0 Å². The van der Waals surface area contributed by atoms with Crippen molar-refractivity contribution < 1.29 is 13.9 Å². The summed E-state index contributed by atoms with van der Waals surface area (Å²) in [6.45, 7) is 2.38. The Kier molecular flexibility index (Phi) is 4.76. The molecule has 0 bridgehead atoms. The summed E-state index contributed by atoms with van der Waals surface area (Å²) in [7, 11) is 1.37. The number of carbonyl (C=O) groups excluding carboxylic acids is 1. The van der Waals surface area contributed by atoms with Gasteiger partial charge < -0.3 is 10.1 Å². The number of rotatable bonds is 5. The van der Waals surface area contributed by atoms with Crippen LogP contribution < -0.4 is 5.32 Å². The van der Waals surface area contributed by atoms with Crippen LogP contribution in [0.5, 0.6) is 0 Å². The molecule has 0 aliphatic rings. The van der Waals surface area contributed by atoms with Crippen molar-refractivity contribution in [3.8, 4) is 0 Å². The number of methoxy groups -OCH3 is 1. The second-order valence-corrected chi connectivity index (χ2v) is 3.57. The lowest BCUT2D eigenvalue weighted by Crippen LogP contribution is -2.06. The monoisotopic (exact) mass is 225 g/mol. The van der Waals surface area contributed by atoms with Gasteiger partial charge in [0.25, 0.3) is 0 Å². The molecule has 0 aliphatic carbocycles. The zero-order valence-corrected chi connectivity index (χ0v) is 9.55. The minimum Gasteiger partial charge on any atom is -0.469 e. The number of anilines is 1. The van der Waals surface area contributed by atoms with Crippen LogP contribution in [0.15, 0.2) is 18.2 Å². The van der Waals surface area contributed by atoms with Crippen LogP contribution in [0.3, 0.4) is 0 Å². The summed E-state index contributed by atoms with van der Waals surface area (Å²) in [4.78, 5) is 10.8. The van der Waals surface area contributed by atoms with Gasteiger partial charge >= 0.3 is 5.97 Å². The number of aryl methyl sites for hydroxylation is 1. The fraction of sp³-hybridized carbons (Fsp3) is 0.417. The first kappa shape index (κ1) is 12.5. The quantitative estimate of drug-likeness (QED) is 0.618. The van der Waals surface area contributed by atoms with E-state index >= 15 is 0 Å². The molecule has 0 saturated carbocycles. The molecule has 0 unspecified atom stereocenters. The van der Waals surface area contributed by atoms with Crippen LogP contribution in [0.1, 0.15) is 18.4 Å². The number of carbonyl (C=O) groups is 1. The van der Waals surface area contributed by atoms with Crippen LogP contribution in [0.4, 0.5) is 10.1 Å². The van der Waals surface area contributed by atoms with Crippen molar-refractivity contribution in [2.24, 2.45) is 0 Å². The Hall–Kier alpha value is -1.58. The predicted octanol–water partition coefficient (Wildman–Crippen LogP) is 2.50. The third kappa shape index (κ3) is 3.88. The van der Waals surface area contributed by atoms with Crippen LogP contribution in [0.2, 0.25) is 0 Å². The maximum Gasteiger partial charge on any atom is 0.305 e. The van der Waals surface area contributed by atoms with Crippen molar-refractivity contribution in [1.82, 2.24) is 0 Å². The Labute approximate surface area is 94.6 Å². The Morgan fingerprint density at radius 2 is 2.25 bits per heavy atom. The minimum absolute atomic E-state index is 0.208. The van der Waals surface area contributed by atoms with Crippen molar-refractivity contribution >= 4 is 11.7 Å². The van der Waals surface area contributed by atoms with Gasteiger partial charge in [0.05, 0.1) is 7.11 Å². The zero-order chi connectivity index (χ0) is 12.0. The molecule has 0 atom stereocenters. The molecule has 0 aliphatic heterocycles. The Morgan fingerprint density at radius 1 is 1.50 bits per heavy atom. The molecule has 1 aromatic carbocycles. The van der Waals surface area contributed by atoms with Gasteiger partial charge in [-0.2, -0.15) is 0 Å². The molecule has 0 amide bonds. The highest BCUT2D eigenvalue weighted by Crippen LogP contribution is 2.13. The van der Waals surface area contributed by atoms with Crippen molar-refractivity contribution in [3.63, 3.8) is 0 Å². The van der Waals surface area contributed by atoms with Gasteiger partial charge in [-0.15, -0.1) is 0 Å². The molecular formula is C12H16FNO2. The van der Waals surface area contributed by atoms with Gasteiger partial charge in [0.1, 0.15) is 5.82 Å². The van der Waals surface area contributed by atoms with Gasteiger partial charge in [0, 0.05) is 18.7 Å². The number of hydrogen-bond acceptors (Lipinski definition) is 3. The van der Waals surface area contributed by atoms with E-state index in [-0.39, 0.29) is 11.8 Å². The first-order chi connectivity index (χ1) is 7.63. The number of benzene rings is 1. The second-order valence-electron chi connectivity index (χ2n) is 3.57. The Morgan fingerprint density at radius 3 is 2.88 bits per heavy atom. The van der Waals surface area contributed by atoms with Crippen LogP contribution in [0.25, 0.3) is 0 Å². The molecule has 0 spiro atoms. The molecule has 88 valence electrons. The largest absolute Gasteiger partial charge is 0.469 e. The Balaban J connectivity index is 2.32. The summed E-state index contributed by atoms with van der Waals surface area (Å²) in [5, 5.41) is 3.12. The Bertz CT molecular complexity index is 366.